The molecule has 0 radical (unpaired) electrons. The van der Waals surface area contributed by atoms with Gasteiger partial charge < -0.3 is 10.2 Å². The summed E-state index contributed by atoms with van der Waals surface area (Å²) in [5.41, 5.74) is 5.45. The van der Waals surface area contributed by atoms with Crippen LogP contribution in [0, 0.1) is 0 Å². The van der Waals surface area contributed by atoms with E-state index in [1.165, 1.54) is 0 Å². The van der Waals surface area contributed by atoms with Crippen LogP contribution >= 0.6 is 0 Å². The third-order valence-electron chi connectivity index (χ3n) is 4.15. The number of alkyl halides is 1. The van der Waals surface area contributed by atoms with Crippen LogP contribution in [0.1, 0.15) is 20.8 Å². The number of halogens is 1. The quantitative estimate of drug-likeness (QED) is 0.826. The van der Waals surface area contributed by atoms with Crippen molar-refractivity contribution in [1.29, 1.82) is 0 Å². The van der Waals surface area contributed by atoms with Gasteiger partial charge in [-0.2, -0.15) is 0 Å². The summed E-state index contributed by atoms with van der Waals surface area (Å²) in [6.07, 6.45) is -1.14. The molecule has 23 heavy (non-hydrogen) atoms. The van der Waals surface area contributed by atoms with Gasteiger partial charge in [-0.05, 0) is 15.4 Å². The molecule has 0 bridgehead atoms. The predicted molar refractivity (Wildman–Crippen MR) is 97.5 cm³/mol. The van der Waals surface area contributed by atoms with Crippen LogP contribution in [0.4, 0.5) is 4.39 Å². The summed E-state index contributed by atoms with van der Waals surface area (Å²) in [7, 11) is -2.62. The molecule has 2 N–H and O–H groups in total. The van der Waals surface area contributed by atoms with Crippen LogP contribution in [0.15, 0.2) is 60.7 Å². The van der Waals surface area contributed by atoms with E-state index in [4.69, 9.17) is 10.2 Å². The van der Waals surface area contributed by atoms with Crippen LogP contribution in [0.25, 0.3) is 0 Å². The summed E-state index contributed by atoms with van der Waals surface area (Å²) in [5, 5.41) is 2.18. The average molecular weight is 332 g/mol. The second-order valence-electron chi connectivity index (χ2n) is 6.81. The number of rotatable bonds is 6. The van der Waals surface area contributed by atoms with Crippen LogP contribution in [0.5, 0.6) is 0 Å². The van der Waals surface area contributed by atoms with Crippen molar-refractivity contribution >= 4 is 18.7 Å². The second-order valence-corrected chi connectivity index (χ2v) is 11.1. The second kappa shape index (κ2) is 7.38. The summed E-state index contributed by atoms with van der Waals surface area (Å²) < 4.78 is 20.3. The highest BCUT2D eigenvalue weighted by Crippen LogP contribution is 2.36. The lowest BCUT2D eigenvalue weighted by molar-refractivity contribution is 0.191. The molecular formula is C19H26FNOSi. The molecule has 2 nitrogen and oxygen atoms in total. The van der Waals surface area contributed by atoms with E-state index in [-0.39, 0.29) is 18.2 Å². The van der Waals surface area contributed by atoms with Crippen molar-refractivity contribution in [2.45, 2.75) is 32.0 Å². The van der Waals surface area contributed by atoms with Crippen molar-refractivity contribution in [3.63, 3.8) is 0 Å². The zero-order valence-electron chi connectivity index (χ0n) is 14.1. The van der Waals surface area contributed by atoms with Gasteiger partial charge in [-0.1, -0.05) is 81.4 Å². The van der Waals surface area contributed by atoms with E-state index in [1.54, 1.807) is 0 Å². The van der Waals surface area contributed by atoms with Gasteiger partial charge >= 0.3 is 0 Å². The first-order valence-corrected chi connectivity index (χ1v) is 9.92. The van der Waals surface area contributed by atoms with E-state index in [0.717, 1.165) is 10.4 Å². The first-order valence-electron chi connectivity index (χ1n) is 8.01. The Hall–Kier alpha value is -1.49. The van der Waals surface area contributed by atoms with Gasteiger partial charge in [-0.25, -0.2) is 4.39 Å². The monoisotopic (exact) mass is 331 g/mol. The molecule has 0 spiro atoms. The largest absolute Gasteiger partial charge is 0.404 e. The third-order valence-corrected chi connectivity index (χ3v) is 9.16. The minimum atomic E-state index is -2.62. The lowest BCUT2D eigenvalue weighted by Crippen LogP contribution is -2.67. The predicted octanol–water partition coefficient (Wildman–Crippen LogP) is 2.86. The molecule has 124 valence electrons. The highest BCUT2D eigenvalue weighted by molar-refractivity contribution is 6.99. The Morgan fingerprint density at radius 2 is 1.39 bits per heavy atom. The summed E-state index contributed by atoms with van der Waals surface area (Å²) in [6.45, 7) is 6.54. The molecule has 0 saturated heterocycles. The maximum atomic E-state index is 13.9. The van der Waals surface area contributed by atoms with Crippen LogP contribution in [0.2, 0.25) is 5.04 Å². The fraction of sp³-hybridized carbons (Fsp3) is 0.368. The lowest BCUT2D eigenvalue weighted by Gasteiger charge is -2.43. The van der Waals surface area contributed by atoms with Crippen molar-refractivity contribution in [3.05, 3.63) is 60.7 Å². The summed E-state index contributed by atoms with van der Waals surface area (Å²) in [6, 6.07) is 20.5. The molecule has 0 heterocycles. The van der Waals surface area contributed by atoms with E-state index in [0.29, 0.717) is 0 Å². The fourth-order valence-corrected chi connectivity index (χ4v) is 7.63. The minimum absolute atomic E-state index is 0.0157. The van der Waals surface area contributed by atoms with Crippen LogP contribution in [-0.2, 0) is 4.43 Å². The molecule has 0 saturated carbocycles. The van der Waals surface area contributed by atoms with E-state index in [2.05, 4.69) is 45.0 Å². The molecular weight excluding hydrogens is 305 g/mol. The average Bonchev–Trinajstić information content (AvgIpc) is 2.56. The van der Waals surface area contributed by atoms with Crippen LogP contribution in [-0.4, -0.2) is 27.6 Å². The molecule has 0 aliphatic carbocycles. The van der Waals surface area contributed by atoms with Crippen LogP contribution < -0.4 is 16.1 Å². The van der Waals surface area contributed by atoms with E-state index >= 15 is 0 Å². The van der Waals surface area contributed by atoms with Crippen molar-refractivity contribution < 1.29 is 8.82 Å². The van der Waals surface area contributed by atoms with Gasteiger partial charge in [-0.3, -0.25) is 0 Å². The molecule has 0 fully saturated rings. The van der Waals surface area contributed by atoms with Gasteiger partial charge in [0.15, 0.2) is 0 Å². The topological polar surface area (TPSA) is 35.2 Å². The highest BCUT2D eigenvalue weighted by Gasteiger charge is 2.50. The van der Waals surface area contributed by atoms with Gasteiger partial charge in [0.1, 0.15) is 6.17 Å². The molecule has 4 heteroatoms. The van der Waals surface area contributed by atoms with Gasteiger partial charge in [0.2, 0.25) is 0 Å². The van der Waals surface area contributed by atoms with E-state index < -0.39 is 14.5 Å². The molecule has 2 rings (SSSR count). The smallest absolute Gasteiger partial charge is 0.261 e. The number of nitrogens with two attached hydrogens (primary N) is 1. The molecule has 0 aliphatic rings. The van der Waals surface area contributed by atoms with Crippen molar-refractivity contribution in [3.8, 4) is 0 Å². The van der Waals surface area contributed by atoms with Crippen LogP contribution in [0.3, 0.4) is 0 Å². The zero-order valence-corrected chi connectivity index (χ0v) is 15.1. The summed E-state index contributed by atoms with van der Waals surface area (Å²) in [5.74, 6) is 0. The molecule has 0 aromatic heterocycles. The van der Waals surface area contributed by atoms with Crippen molar-refractivity contribution in [2.75, 3.05) is 13.2 Å². The standard InChI is InChI=1S/C19H26FNOSi/c1-19(2,3)23(22-15-16(20)14-21,17-10-6-4-7-11-17)18-12-8-5-9-13-18/h4-13,16H,14-15,21H2,1-3H3/t16-/m0/s1. The zero-order chi connectivity index (χ0) is 16.9. The molecule has 2 aromatic rings. The fourth-order valence-electron chi connectivity index (χ4n) is 3.05. The van der Waals surface area contributed by atoms with Gasteiger partial charge in [0.05, 0.1) is 6.61 Å². The Labute approximate surface area is 139 Å². The first kappa shape index (κ1) is 17.9. The third kappa shape index (κ3) is 3.71. The number of hydrogen-bond acceptors (Lipinski definition) is 2. The number of benzene rings is 2. The Balaban J connectivity index is 2.60. The Morgan fingerprint density at radius 3 is 1.74 bits per heavy atom. The first-order chi connectivity index (χ1) is 10.9. The number of hydrogen-bond donors (Lipinski definition) is 1. The molecule has 2 aromatic carbocycles. The van der Waals surface area contributed by atoms with Gasteiger partial charge in [-0.15, -0.1) is 0 Å². The maximum absolute atomic E-state index is 13.9. The normalized spacial score (nSPS) is 13.8. The molecule has 0 aliphatic heterocycles. The Kier molecular flexibility index (Phi) is 5.73. The molecule has 0 unspecified atom stereocenters. The van der Waals surface area contributed by atoms with Crippen molar-refractivity contribution in [1.82, 2.24) is 0 Å². The van der Waals surface area contributed by atoms with Crippen molar-refractivity contribution in [2.24, 2.45) is 5.73 Å². The van der Waals surface area contributed by atoms with E-state index in [9.17, 15) is 4.39 Å². The lowest BCUT2D eigenvalue weighted by atomic mass is 10.2. The highest BCUT2D eigenvalue weighted by atomic mass is 28.4. The molecule has 1 atom stereocenters. The maximum Gasteiger partial charge on any atom is 0.261 e. The minimum Gasteiger partial charge on any atom is -0.404 e. The molecule has 0 amide bonds. The van der Waals surface area contributed by atoms with E-state index in [1.807, 2.05) is 36.4 Å². The summed E-state index contributed by atoms with van der Waals surface area (Å²) in [4.78, 5) is 0. The van der Waals surface area contributed by atoms with Gasteiger partial charge in [0, 0.05) is 6.54 Å². The Bertz CT molecular complexity index is 558. The SMILES string of the molecule is CC(C)(C)[Si](OC[C@@H](F)CN)(c1ccccc1)c1ccccc1. The summed E-state index contributed by atoms with van der Waals surface area (Å²) >= 11 is 0. The Morgan fingerprint density at radius 1 is 0.957 bits per heavy atom. The van der Waals surface area contributed by atoms with Gasteiger partial charge in [0.25, 0.3) is 8.32 Å².